The van der Waals surface area contributed by atoms with Crippen LogP contribution in [0.2, 0.25) is 0 Å². The van der Waals surface area contributed by atoms with Gasteiger partial charge in [-0.05, 0) is 48.9 Å². The molecular formula is C27H33N5O6S. The molecule has 12 heteroatoms. The van der Waals surface area contributed by atoms with Gasteiger partial charge in [0.25, 0.3) is 0 Å². The van der Waals surface area contributed by atoms with Crippen molar-refractivity contribution in [2.24, 2.45) is 11.1 Å². The van der Waals surface area contributed by atoms with Crippen LogP contribution >= 0.6 is 11.3 Å². The van der Waals surface area contributed by atoms with Crippen LogP contribution < -0.4 is 21.1 Å². The number of ether oxygens (including phenoxy) is 2. The first-order valence-electron chi connectivity index (χ1n) is 12.7. The molecule has 3 atom stereocenters. The largest absolute Gasteiger partial charge is 0.494 e. The van der Waals surface area contributed by atoms with Gasteiger partial charge in [-0.15, -0.1) is 11.3 Å². The summed E-state index contributed by atoms with van der Waals surface area (Å²) >= 11 is 1.41. The van der Waals surface area contributed by atoms with Crippen molar-refractivity contribution in [3.63, 3.8) is 0 Å². The second-order valence-electron chi connectivity index (χ2n) is 10.1. The summed E-state index contributed by atoms with van der Waals surface area (Å²) in [5.74, 6) is -0.774. The van der Waals surface area contributed by atoms with Crippen LogP contribution in [0.3, 0.4) is 0 Å². The molecule has 2 aliphatic rings. The van der Waals surface area contributed by atoms with E-state index in [0.29, 0.717) is 36.3 Å². The molecule has 5 N–H and O–H groups in total. The zero-order chi connectivity index (χ0) is 28.2. The number of hydrogen-bond donors (Lipinski definition) is 4. The van der Waals surface area contributed by atoms with Gasteiger partial charge in [0.05, 0.1) is 32.4 Å². The zero-order valence-electron chi connectivity index (χ0n) is 22.0. The second-order valence-corrected chi connectivity index (χ2v) is 11.1. The summed E-state index contributed by atoms with van der Waals surface area (Å²) < 4.78 is 10.3. The summed E-state index contributed by atoms with van der Waals surface area (Å²) in [4.78, 5) is 52.5. The number of amides is 3. The lowest BCUT2D eigenvalue weighted by atomic mass is 10.0. The van der Waals surface area contributed by atoms with Crippen LogP contribution in [0.5, 0.6) is 5.75 Å². The molecule has 1 aromatic carbocycles. The molecule has 0 spiro atoms. The number of esters is 1. The topological polar surface area (TPSA) is 164 Å². The van der Waals surface area contributed by atoms with Crippen LogP contribution in [-0.2, 0) is 25.7 Å². The number of likely N-dealkylation sites (tertiary alicyclic amines) is 1. The van der Waals surface area contributed by atoms with Crippen molar-refractivity contribution in [3.8, 4) is 5.75 Å². The highest BCUT2D eigenvalue weighted by molar-refractivity contribution is 7.10. The van der Waals surface area contributed by atoms with Crippen molar-refractivity contribution in [1.82, 2.24) is 15.5 Å². The Morgan fingerprint density at radius 1 is 1.18 bits per heavy atom. The van der Waals surface area contributed by atoms with E-state index in [9.17, 15) is 19.2 Å². The Kier molecular flexibility index (Phi) is 8.54. The molecule has 2 heterocycles. The van der Waals surface area contributed by atoms with E-state index in [1.54, 1.807) is 40.6 Å². The maximum Gasteiger partial charge on any atom is 0.337 e. The predicted molar refractivity (Wildman–Crippen MR) is 144 cm³/mol. The van der Waals surface area contributed by atoms with Gasteiger partial charge in [-0.1, -0.05) is 13.0 Å². The number of methoxy groups -OCH3 is 1. The maximum absolute atomic E-state index is 13.1. The summed E-state index contributed by atoms with van der Waals surface area (Å²) in [6.45, 7) is 2.45. The number of piperidine rings is 1. The number of rotatable bonds is 12. The smallest absolute Gasteiger partial charge is 0.337 e. The quantitative estimate of drug-likeness (QED) is 0.134. The van der Waals surface area contributed by atoms with Gasteiger partial charge < -0.3 is 30.7 Å². The maximum atomic E-state index is 13.1. The number of thiophene rings is 1. The van der Waals surface area contributed by atoms with E-state index < -0.39 is 12.0 Å². The third-order valence-corrected chi connectivity index (χ3v) is 8.07. The first-order chi connectivity index (χ1) is 18.6. The first kappa shape index (κ1) is 28.1. The number of fused-ring (bicyclic) bond motifs is 1. The van der Waals surface area contributed by atoms with Crippen molar-refractivity contribution in [1.29, 1.82) is 5.41 Å². The lowest BCUT2D eigenvalue weighted by molar-refractivity contribution is -0.140. The van der Waals surface area contributed by atoms with Gasteiger partial charge in [0.2, 0.25) is 17.7 Å². The molecule has 4 rings (SSSR count). The number of amidine groups is 1. The highest BCUT2D eigenvalue weighted by atomic mass is 32.1. The van der Waals surface area contributed by atoms with Crippen molar-refractivity contribution in [3.05, 3.63) is 51.7 Å². The SMILES string of the molecule is COC(=O)c1cccc(OCCCC(=O)NCC(=O)N2[C@H]3C[C@@]3(C)C[C@H]2C(=O)NCc2cc(C(=N)N)cs2)c1. The number of nitrogens with one attached hydrogen (secondary N) is 3. The van der Waals surface area contributed by atoms with Crippen LogP contribution in [0, 0.1) is 10.8 Å². The minimum Gasteiger partial charge on any atom is -0.494 e. The van der Waals surface area contributed by atoms with Crippen LogP contribution in [-0.4, -0.2) is 66.8 Å². The number of nitrogens with two attached hydrogens (primary N) is 1. The average molecular weight is 556 g/mol. The van der Waals surface area contributed by atoms with E-state index in [-0.39, 0.29) is 54.6 Å². The van der Waals surface area contributed by atoms with E-state index >= 15 is 0 Å². The van der Waals surface area contributed by atoms with E-state index in [1.807, 2.05) is 0 Å². The molecule has 1 aliphatic heterocycles. The molecule has 1 aromatic heterocycles. The first-order valence-corrected chi connectivity index (χ1v) is 13.6. The summed E-state index contributed by atoms with van der Waals surface area (Å²) in [5, 5.41) is 14.8. The van der Waals surface area contributed by atoms with Crippen molar-refractivity contribution < 1.29 is 28.7 Å². The third kappa shape index (κ3) is 6.75. The fourth-order valence-electron chi connectivity index (χ4n) is 4.87. The Hall–Kier alpha value is -3.93. The molecule has 1 saturated heterocycles. The second kappa shape index (κ2) is 11.9. The number of carbonyl (C=O) groups excluding carboxylic acids is 4. The van der Waals surface area contributed by atoms with Crippen LogP contribution in [0.25, 0.3) is 0 Å². The van der Waals surface area contributed by atoms with Crippen LogP contribution in [0.1, 0.15) is 53.4 Å². The Morgan fingerprint density at radius 3 is 2.69 bits per heavy atom. The number of hydrogen-bond acceptors (Lipinski definition) is 8. The molecule has 0 unspecified atom stereocenters. The zero-order valence-corrected chi connectivity index (χ0v) is 22.8. The highest BCUT2D eigenvalue weighted by Gasteiger charge is 2.64. The van der Waals surface area contributed by atoms with E-state index in [0.717, 1.165) is 11.3 Å². The molecule has 1 saturated carbocycles. The van der Waals surface area contributed by atoms with E-state index in [4.69, 9.17) is 20.6 Å². The van der Waals surface area contributed by atoms with Crippen LogP contribution in [0.15, 0.2) is 35.7 Å². The molecule has 2 fully saturated rings. The van der Waals surface area contributed by atoms with Crippen LogP contribution in [0.4, 0.5) is 0 Å². The molecular weight excluding hydrogens is 522 g/mol. The van der Waals surface area contributed by atoms with Gasteiger partial charge in [0.15, 0.2) is 0 Å². The van der Waals surface area contributed by atoms with Gasteiger partial charge >= 0.3 is 5.97 Å². The molecule has 208 valence electrons. The fourth-order valence-corrected chi connectivity index (χ4v) is 5.70. The van der Waals surface area contributed by atoms with Gasteiger partial charge in [0.1, 0.15) is 17.6 Å². The molecule has 11 nitrogen and oxygen atoms in total. The molecule has 0 radical (unpaired) electrons. The van der Waals surface area contributed by atoms with Gasteiger partial charge in [0, 0.05) is 28.3 Å². The average Bonchev–Trinajstić information content (AvgIpc) is 3.24. The van der Waals surface area contributed by atoms with E-state index in [1.165, 1.54) is 18.4 Å². The fraction of sp³-hybridized carbons (Fsp3) is 0.444. The number of nitrogens with zero attached hydrogens (tertiary/aromatic N) is 1. The monoisotopic (exact) mass is 555 g/mol. The lowest BCUT2D eigenvalue weighted by Gasteiger charge is -2.27. The van der Waals surface area contributed by atoms with Crippen molar-refractivity contribution >= 4 is 40.9 Å². The number of carbonyl (C=O) groups is 4. The third-order valence-electron chi connectivity index (χ3n) is 7.14. The van der Waals surface area contributed by atoms with Gasteiger partial charge in [-0.2, -0.15) is 0 Å². The molecule has 1 aliphatic carbocycles. The molecule has 39 heavy (non-hydrogen) atoms. The summed E-state index contributed by atoms with van der Waals surface area (Å²) in [6, 6.07) is 7.77. The molecule has 3 amide bonds. The van der Waals surface area contributed by atoms with Gasteiger partial charge in [-0.25, -0.2) is 4.79 Å². The minimum atomic E-state index is -0.584. The highest BCUT2D eigenvalue weighted by Crippen LogP contribution is 2.59. The normalized spacial score (nSPS) is 21.0. The Bertz CT molecular complexity index is 1280. The van der Waals surface area contributed by atoms with Gasteiger partial charge in [-0.3, -0.25) is 19.8 Å². The summed E-state index contributed by atoms with van der Waals surface area (Å²) in [7, 11) is 1.31. The number of benzene rings is 1. The van der Waals surface area contributed by atoms with Crippen molar-refractivity contribution in [2.75, 3.05) is 20.3 Å². The molecule has 2 aromatic rings. The lowest BCUT2D eigenvalue weighted by Crippen LogP contribution is -2.50. The Labute approximate surface area is 230 Å². The summed E-state index contributed by atoms with van der Waals surface area (Å²) in [6.07, 6.45) is 2.02. The summed E-state index contributed by atoms with van der Waals surface area (Å²) in [5.41, 5.74) is 6.42. The van der Waals surface area contributed by atoms with Crippen molar-refractivity contribution in [2.45, 2.75) is 51.2 Å². The standard InChI is InChI=1S/C27H33N5O6S/c1-27-11-20(25(35)31-13-19-10-17(15-39-19)24(28)29)32(21(27)12-27)23(34)14-30-22(33)7-4-8-38-18-6-3-5-16(9-18)26(36)37-2/h3,5-6,9-10,15,20-21H,4,7-8,11-14H2,1-2H3,(H3,28,29)(H,30,33)(H,31,35)/t20-,21-,27+/m0/s1. The van der Waals surface area contributed by atoms with E-state index in [2.05, 4.69) is 17.6 Å². The Morgan fingerprint density at radius 2 is 1.97 bits per heavy atom. The molecule has 0 bridgehead atoms. The minimum absolute atomic E-state index is 0.00198. The number of nitrogen functional groups attached to an aromatic ring is 1. The predicted octanol–water partition coefficient (Wildman–Crippen LogP) is 1.79. The Balaban J connectivity index is 1.21.